The zero-order chi connectivity index (χ0) is 27.5. The van der Waals surface area contributed by atoms with Crippen LogP contribution >= 0.6 is 11.3 Å². The van der Waals surface area contributed by atoms with Gasteiger partial charge in [0.15, 0.2) is 5.78 Å². The van der Waals surface area contributed by atoms with Gasteiger partial charge in [0, 0.05) is 19.3 Å². The third kappa shape index (κ3) is 4.87. The number of ketones is 1. The Kier molecular flexibility index (Phi) is 6.46. The quantitative estimate of drug-likeness (QED) is 0.317. The van der Waals surface area contributed by atoms with Crippen molar-refractivity contribution in [1.29, 1.82) is 0 Å². The fourth-order valence-electron chi connectivity index (χ4n) is 5.08. The molecule has 0 N–H and O–H groups in total. The normalized spacial score (nSPS) is 19.4. The minimum Gasteiger partial charge on any atom is -0.444 e. The number of ether oxygens (including phenoxy) is 1. The van der Waals surface area contributed by atoms with Crippen molar-refractivity contribution < 1.29 is 18.7 Å². The molecule has 3 heterocycles. The van der Waals surface area contributed by atoms with Crippen LogP contribution in [0.15, 0.2) is 42.2 Å². The number of benzene rings is 1. The van der Waals surface area contributed by atoms with Crippen molar-refractivity contribution in [2.24, 2.45) is 5.41 Å². The maximum absolute atomic E-state index is 14.4. The van der Waals surface area contributed by atoms with Gasteiger partial charge < -0.3 is 9.64 Å². The van der Waals surface area contributed by atoms with Crippen molar-refractivity contribution in [1.82, 2.24) is 19.7 Å². The van der Waals surface area contributed by atoms with E-state index in [-0.39, 0.29) is 18.1 Å². The Balaban J connectivity index is 1.57. The molecule has 5 rings (SSSR count). The molecule has 0 unspecified atom stereocenters. The van der Waals surface area contributed by atoms with Crippen LogP contribution in [0.2, 0.25) is 19.6 Å². The first-order chi connectivity index (χ1) is 17.8. The summed E-state index contributed by atoms with van der Waals surface area (Å²) in [5, 5.41) is 4.59. The van der Waals surface area contributed by atoms with Crippen molar-refractivity contribution in [2.75, 3.05) is 13.1 Å². The predicted molar refractivity (Wildman–Crippen MR) is 149 cm³/mol. The van der Waals surface area contributed by atoms with Crippen LogP contribution in [0.5, 0.6) is 0 Å². The Morgan fingerprint density at radius 3 is 2.47 bits per heavy atom. The van der Waals surface area contributed by atoms with Gasteiger partial charge in [-0.3, -0.25) is 9.78 Å². The number of rotatable bonds is 4. The van der Waals surface area contributed by atoms with Gasteiger partial charge >= 0.3 is 6.09 Å². The molecule has 2 aromatic heterocycles. The number of Topliss-reactive ketones (excluding diaryl/α,β-unsaturated/α-hetero) is 1. The van der Waals surface area contributed by atoms with Crippen LogP contribution in [0.25, 0.3) is 11.8 Å². The molecular weight excluding hydrogens is 519 g/mol. The summed E-state index contributed by atoms with van der Waals surface area (Å²) in [5.74, 6) is -0.325. The van der Waals surface area contributed by atoms with Crippen molar-refractivity contribution >= 4 is 42.0 Å². The molecule has 38 heavy (non-hydrogen) atoms. The highest BCUT2D eigenvalue weighted by atomic mass is 32.1. The Bertz CT molecular complexity index is 1430. The largest absolute Gasteiger partial charge is 0.444 e. The molecule has 1 aliphatic carbocycles. The van der Waals surface area contributed by atoms with E-state index in [2.05, 4.69) is 29.7 Å². The molecule has 200 valence electrons. The summed E-state index contributed by atoms with van der Waals surface area (Å²) >= 11 is 1.48. The maximum Gasteiger partial charge on any atom is 0.410 e. The minimum absolute atomic E-state index is 0.0146. The van der Waals surface area contributed by atoms with E-state index in [9.17, 15) is 14.0 Å². The number of hydrogen-bond acceptors (Lipinski definition) is 6. The monoisotopic (exact) mass is 552 g/mol. The molecule has 2 aliphatic rings. The Hall–Kier alpha value is -3.11. The zero-order valence-electron chi connectivity index (χ0n) is 22.7. The first-order valence-electron chi connectivity index (χ1n) is 12.8. The van der Waals surface area contributed by atoms with E-state index in [0.29, 0.717) is 24.3 Å². The lowest BCUT2D eigenvalue weighted by Gasteiger charge is -2.45. The van der Waals surface area contributed by atoms with Gasteiger partial charge in [-0.25, -0.2) is 13.9 Å². The third-order valence-corrected chi connectivity index (χ3v) is 11.3. The van der Waals surface area contributed by atoms with Crippen LogP contribution in [0, 0.1) is 11.2 Å². The Morgan fingerprint density at radius 1 is 1.13 bits per heavy atom. The van der Waals surface area contributed by atoms with Gasteiger partial charge in [-0.2, -0.15) is 5.10 Å². The van der Waals surface area contributed by atoms with Crippen LogP contribution in [0.3, 0.4) is 0 Å². The molecule has 1 aliphatic heterocycles. The lowest BCUT2D eigenvalue weighted by molar-refractivity contribution is 0.0139. The van der Waals surface area contributed by atoms with Gasteiger partial charge in [0.05, 0.1) is 32.5 Å². The van der Waals surface area contributed by atoms with Gasteiger partial charge in [0.25, 0.3) is 0 Å². The summed E-state index contributed by atoms with van der Waals surface area (Å²) in [6.45, 7) is 12.8. The summed E-state index contributed by atoms with van der Waals surface area (Å²) in [6.07, 6.45) is 6.06. The van der Waals surface area contributed by atoms with Crippen LogP contribution in [0.1, 0.15) is 48.1 Å². The minimum atomic E-state index is -1.69. The summed E-state index contributed by atoms with van der Waals surface area (Å²) < 4.78 is 22.0. The van der Waals surface area contributed by atoms with Gasteiger partial charge in [0.1, 0.15) is 19.5 Å². The van der Waals surface area contributed by atoms with Crippen LogP contribution < -0.4 is 4.63 Å². The van der Waals surface area contributed by atoms with E-state index < -0.39 is 25.2 Å². The Morgan fingerprint density at radius 2 is 1.84 bits per heavy atom. The highest BCUT2D eigenvalue weighted by Crippen LogP contribution is 2.47. The second kappa shape index (κ2) is 9.27. The van der Waals surface area contributed by atoms with Crippen molar-refractivity contribution in [3.63, 3.8) is 0 Å². The molecule has 7 nitrogen and oxygen atoms in total. The third-order valence-electron chi connectivity index (χ3n) is 6.94. The van der Waals surface area contributed by atoms with Crippen molar-refractivity contribution in [3.05, 3.63) is 64.2 Å². The molecular formula is C28H33FN4O3SSi. The van der Waals surface area contributed by atoms with Crippen molar-refractivity contribution in [2.45, 2.75) is 58.9 Å². The summed E-state index contributed by atoms with van der Waals surface area (Å²) in [7, 11) is -1.69. The number of hydrogen-bond donors (Lipinski definition) is 0. The SMILES string of the molecule is CC(C)(C)OC(=O)N1CCC2=Cc3c(cnn3-c3ccc(F)cc3)C[C@]2(C(=O)c2cnc([Si](C)(C)C)s2)C1. The molecule has 1 fully saturated rings. The average Bonchev–Trinajstić information content (AvgIpc) is 3.48. The lowest BCUT2D eigenvalue weighted by Crippen LogP contribution is -2.54. The van der Waals surface area contributed by atoms with Gasteiger partial charge in [-0.15, -0.1) is 11.3 Å². The van der Waals surface area contributed by atoms with E-state index in [1.807, 2.05) is 26.8 Å². The van der Waals surface area contributed by atoms with Gasteiger partial charge in [-0.05, 0) is 69.5 Å². The second-order valence-electron chi connectivity index (χ2n) is 12.1. The van der Waals surface area contributed by atoms with Crippen LogP contribution in [-0.4, -0.2) is 58.3 Å². The van der Waals surface area contributed by atoms with E-state index in [0.717, 1.165) is 27.1 Å². The van der Waals surface area contributed by atoms with E-state index >= 15 is 0 Å². The number of nitrogens with zero attached hydrogens (tertiary/aromatic N) is 4. The predicted octanol–water partition coefficient (Wildman–Crippen LogP) is 5.46. The van der Waals surface area contributed by atoms with E-state index in [1.54, 1.807) is 34.1 Å². The van der Waals surface area contributed by atoms with E-state index in [1.165, 1.54) is 23.5 Å². The molecule has 1 amide bonds. The number of carbonyl (C=O) groups excluding carboxylic acids is 2. The number of aromatic nitrogens is 3. The summed E-state index contributed by atoms with van der Waals surface area (Å²) in [5.41, 5.74) is 1.95. The Labute approximate surface area is 227 Å². The van der Waals surface area contributed by atoms with Gasteiger partial charge in [0.2, 0.25) is 0 Å². The molecule has 10 heteroatoms. The lowest BCUT2D eigenvalue weighted by atomic mass is 9.65. The van der Waals surface area contributed by atoms with Crippen molar-refractivity contribution in [3.8, 4) is 5.69 Å². The molecule has 0 bridgehead atoms. The van der Waals surface area contributed by atoms with Gasteiger partial charge in [-0.1, -0.05) is 25.2 Å². The first kappa shape index (κ1) is 26.5. The van der Waals surface area contributed by atoms with Crippen LogP contribution in [0.4, 0.5) is 9.18 Å². The molecule has 1 aromatic carbocycles. The number of likely N-dealkylation sites (tertiary alicyclic amines) is 1. The number of fused-ring (bicyclic) bond motifs is 2. The topological polar surface area (TPSA) is 77.3 Å². The fraction of sp³-hybridized carbons (Fsp3) is 0.429. The molecule has 0 spiro atoms. The number of amides is 1. The number of halogens is 1. The molecule has 0 radical (unpaired) electrons. The number of thiazole rings is 1. The maximum atomic E-state index is 14.4. The smallest absolute Gasteiger partial charge is 0.410 e. The highest BCUT2D eigenvalue weighted by Gasteiger charge is 2.50. The standard InChI is InChI=1S/C28H33FN4O3SSi/c1-27(2,3)36-26(35)32-12-11-19-13-22-18(15-31-33(22)21-9-7-20(29)8-10-21)14-28(19,17-32)24(34)23-16-30-25(37-23)38(4,5)6/h7-10,13,15-16H,11-12,14,17H2,1-6H3/t28-/m0/s1. The van der Waals surface area contributed by atoms with Crippen LogP contribution in [-0.2, 0) is 11.2 Å². The molecule has 0 saturated carbocycles. The molecule has 3 aromatic rings. The first-order valence-corrected chi connectivity index (χ1v) is 17.1. The zero-order valence-corrected chi connectivity index (χ0v) is 24.5. The number of carbonyl (C=O) groups is 2. The summed E-state index contributed by atoms with van der Waals surface area (Å²) in [4.78, 5) is 34.4. The second-order valence-corrected chi connectivity index (χ2v) is 18.5. The molecule has 1 atom stereocenters. The van der Waals surface area contributed by atoms with E-state index in [4.69, 9.17) is 4.74 Å². The summed E-state index contributed by atoms with van der Waals surface area (Å²) in [6, 6.07) is 6.20. The molecule has 1 saturated heterocycles. The highest BCUT2D eigenvalue weighted by molar-refractivity contribution is 7.27. The average molecular weight is 553 g/mol. The number of piperidine rings is 1. The fourth-order valence-corrected chi connectivity index (χ4v) is 7.80.